The van der Waals surface area contributed by atoms with Gasteiger partial charge in [-0.15, -0.1) is 0 Å². The number of aromatic nitrogens is 1. The Morgan fingerprint density at radius 2 is 1.80 bits per heavy atom. The smallest absolute Gasteiger partial charge is 0.0702 e. The number of benzene rings is 1. The molecule has 0 amide bonds. The monoisotopic (exact) mass is 270 g/mol. The average Bonchev–Trinajstić information content (AvgIpc) is 2.48. The molecule has 0 saturated heterocycles. The van der Waals surface area contributed by atoms with Gasteiger partial charge in [-0.25, -0.2) is 0 Å². The van der Waals surface area contributed by atoms with Gasteiger partial charge >= 0.3 is 0 Å². The van der Waals surface area contributed by atoms with Gasteiger partial charge in [-0.1, -0.05) is 44.9 Å². The van der Waals surface area contributed by atoms with Crippen molar-refractivity contribution < 1.29 is 0 Å². The van der Waals surface area contributed by atoms with E-state index in [2.05, 4.69) is 55.5 Å². The van der Waals surface area contributed by atoms with Crippen molar-refractivity contribution in [2.75, 3.05) is 7.05 Å². The maximum absolute atomic E-state index is 4.61. The molecule has 0 aliphatic rings. The zero-order valence-corrected chi connectivity index (χ0v) is 12.9. The minimum absolute atomic E-state index is 0.409. The lowest BCUT2D eigenvalue weighted by atomic mass is 9.86. The van der Waals surface area contributed by atoms with E-state index in [0.29, 0.717) is 12.0 Å². The van der Waals surface area contributed by atoms with E-state index < -0.39 is 0 Å². The lowest BCUT2D eigenvalue weighted by molar-refractivity contribution is 0.330. The van der Waals surface area contributed by atoms with E-state index >= 15 is 0 Å². The fourth-order valence-corrected chi connectivity index (χ4v) is 3.15. The van der Waals surface area contributed by atoms with Gasteiger partial charge in [0.25, 0.3) is 0 Å². The summed E-state index contributed by atoms with van der Waals surface area (Å²) in [7, 11) is 2.07. The first-order chi connectivity index (χ1) is 9.80. The molecule has 1 heterocycles. The van der Waals surface area contributed by atoms with Gasteiger partial charge in [-0.05, 0) is 43.5 Å². The van der Waals surface area contributed by atoms with Gasteiger partial charge in [-0.2, -0.15) is 0 Å². The van der Waals surface area contributed by atoms with E-state index in [9.17, 15) is 0 Å². The summed E-state index contributed by atoms with van der Waals surface area (Å²) in [6, 6.07) is 11.0. The van der Waals surface area contributed by atoms with Crippen molar-refractivity contribution >= 4 is 10.9 Å². The molecule has 2 heteroatoms. The Bertz CT molecular complexity index is 530. The van der Waals surface area contributed by atoms with Gasteiger partial charge in [-0.3, -0.25) is 4.98 Å². The molecule has 1 atom stereocenters. The van der Waals surface area contributed by atoms with Crippen LogP contribution in [0.5, 0.6) is 0 Å². The van der Waals surface area contributed by atoms with Crippen molar-refractivity contribution in [1.29, 1.82) is 0 Å². The van der Waals surface area contributed by atoms with Crippen LogP contribution in [0, 0.1) is 5.92 Å². The molecule has 0 spiro atoms. The van der Waals surface area contributed by atoms with Crippen LogP contribution in [0.25, 0.3) is 10.9 Å². The Balaban J connectivity index is 2.31. The number of para-hydroxylation sites is 1. The summed E-state index contributed by atoms with van der Waals surface area (Å²) >= 11 is 0. The fourth-order valence-electron chi connectivity index (χ4n) is 3.15. The van der Waals surface area contributed by atoms with Crippen molar-refractivity contribution in [3.05, 3.63) is 42.1 Å². The number of hydrogen-bond donors (Lipinski definition) is 1. The van der Waals surface area contributed by atoms with Crippen LogP contribution in [-0.4, -0.2) is 12.0 Å². The number of rotatable bonds is 7. The molecule has 0 aliphatic carbocycles. The fraction of sp³-hybridized carbons (Fsp3) is 0.500. The molecule has 0 aliphatic heterocycles. The van der Waals surface area contributed by atoms with Gasteiger partial charge in [0.1, 0.15) is 0 Å². The summed E-state index contributed by atoms with van der Waals surface area (Å²) in [5.41, 5.74) is 2.40. The second-order valence-electron chi connectivity index (χ2n) is 5.57. The number of pyridine rings is 1. The summed E-state index contributed by atoms with van der Waals surface area (Å²) in [5.74, 6) is 0.693. The highest BCUT2D eigenvalue weighted by Crippen LogP contribution is 2.30. The Morgan fingerprint density at radius 3 is 2.45 bits per heavy atom. The van der Waals surface area contributed by atoms with Gasteiger partial charge in [0.05, 0.1) is 5.52 Å². The number of nitrogens with one attached hydrogen (secondary N) is 1. The second kappa shape index (κ2) is 7.39. The minimum atomic E-state index is 0.409. The van der Waals surface area contributed by atoms with Crippen molar-refractivity contribution in [3.63, 3.8) is 0 Å². The Labute approximate surface area is 122 Å². The van der Waals surface area contributed by atoms with Crippen LogP contribution < -0.4 is 5.32 Å². The number of hydrogen-bond acceptors (Lipinski definition) is 2. The number of fused-ring (bicyclic) bond motifs is 1. The van der Waals surface area contributed by atoms with E-state index in [4.69, 9.17) is 0 Å². The molecule has 20 heavy (non-hydrogen) atoms. The molecule has 0 fully saturated rings. The summed E-state index contributed by atoms with van der Waals surface area (Å²) in [5, 5.41) is 4.75. The quantitative estimate of drug-likeness (QED) is 0.788. The third-order valence-electron chi connectivity index (χ3n) is 4.07. The van der Waals surface area contributed by atoms with Crippen LogP contribution in [0.4, 0.5) is 0 Å². The molecular formula is C18H26N2. The van der Waals surface area contributed by atoms with Crippen LogP contribution in [0.2, 0.25) is 0 Å². The largest absolute Gasteiger partial charge is 0.313 e. The molecule has 2 nitrogen and oxygen atoms in total. The third-order valence-corrected chi connectivity index (χ3v) is 4.07. The van der Waals surface area contributed by atoms with Gasteiger partial charge < -0.3 is 5.32 Å². The van der Waals surface area contributed by atoms with Crippen molar-refractivity contribution in [1.82, 2.24) is 10.3 Å². The normalized spacial score (nSPS) is 13.0. The maximum Gasteiger partial charge on any atom is 0.0702 e. The maximum atomic E-state index is 4.61. The van der Waals surface area contributed by atoms with E-state index in [-0.39, 0.29) is 0 Å². The summed E-state index contributed by atoms with van der Waals surface area (Å²) in [4.78, 5) is 4.61. The van der Waals surface area contributed by atoms with Crippen LogP contribution in [0.15, 0.2) is 36.5 Å². The van der Waals surface area contributed by atoms with E-state index in [1.54, 1.807) is 0 Å². The lowest BCUT2D eigenvalue weighted by Crippen LogP contribution is -2.25. The van der Waals surface area contributed by atoms with Gasteiger partial charge in [0, 0.05) is 17.6 Å². The van der Waals surface area contributed by atoms with Crippen molar-refractivity contribution in [3.8, 4) is 0 Å². The highest BCUT2D eigenvalue weighted by molar-refractivity contribution is 5.78. The zero-order chi connectivity index (χ0) is 14.4. The zero-order valence-electron chi connectivity index (χ0n) is 12.9. The second-order valence-corrected chi connectivity index (χ2v) is 5.57. The molecule has 2 aromatic rings. The summed E-state index contributed by atoms with van der Waals surface area (Å²) in [6.45, 7) is 4.54. The first-order valence-electron chi connectivity index (χ1n) is 7.82. The van der Waals surface area contributed by atoms with Crippen LogP contribution in [-0.2, 0) is 0 Å². The molecule has 2 rings (SSSR count). The minimum Gasteiger partial charge on any atom is -0.313 e. The third kappa shape index (κ3) is 3.37. The van der Waals surface area contributed by atoms with E-state index in [0.717, 1.165) is 5.52 Å². The lowest BCUT2D eigenvalue weighted by Gasteiger charge is -2.27. The molecule has 1 unspecified atom stereocenters. The molecular weight excluding hydrogens is 244 g/mol. The first kappa shape index (κ1) is 15.0. The van der Waals surface area contributed by atoms with E-state index in [1.807, 2.05) is 12.3 Å². The van der Waals surface area contributed by atoms with Crippen LogP contribution >= 0.6 is 0 Å². The topological polar surface area (TPSA) is 24.9 Å². The molecule has 0 bridgehead atoms. The Kier molecular flexibility index (Phi) is 5.54. The van der Waals surface area contributed by atoms with Crippen molar-refractivity contribution in [2.24, 2.45) is 5.92 Å². The molecule has 1 aromatic carbocycles. The first-order valence-corrected chi connectivity index (χ1v) is 7.82. The highest BCUT2D eigenvalue weighted by atomic mass is 14.9. The van der Waals surface area contributed by atoms with Gasteiger partial charge in [0.2, 0.25) is 0 Å². The Morgan fingerprint density at radius 1 is 1.10 bits per heavy atom. The predicted octanol–water partition coefficient (Wildman–Crippen LogP) is 4.71. The predicted molar refractivity (Wildman–Crippen MR) is 86.8 cm³/mol. The summed E-state index contributed by atoms with van der Waals surface area (Å²) in [6.07, 6.45) is 7.06. The molecule has 0 radical (unpaired) electrons. The molecule has 0 saturated carbocycles. The molecule has 108 valence electrons. The molecule has 1 aromatic heterocycles. The molecule has 1 N–H and O–H groups in total. The number of nitrogens with zero attached hydrogens (tertiary/aromatic N) is 1. The van der Waals surface area contributed by atoms with Crippen LogP contribution in [0.3, 0.4) is 0 Å². The Hall–Kier alpha value is -1.41. The van der Waals surface area contributed by atoms with Crippen LogP contribution in [0.1, 0.15) is 51.1 Å². The standard InChI is InChI=1S/C18H26N2/c1-4-8-14(9-5-2)18(19-3)16-12-15-10-6-7-11-17(15)20-13-16/h6-7,10-14,18-19H,4-5,8-9H2,1-3H3. The highest BCUT2D eigenvalue weighted by Gasteiger charge is 2.20. The summed E-state index contributed by atoms with van der Waals surface area (Å²) < 4.78 is 0. The SMILES string of the molecule is CCCC(CCC)C(NC)c1cnc2ccccc2c1. The van der Waals surface area contributed by atoms with Gasteiger partial charge in [0.15, 0.2) is 0 Å². The van der Waals surface area contributed by atoms with E-state index in [1.165, 1.54) is 36.6 Å². The van der Waals surface area contributed by atoms with Crippen molar-refractivity contribution in [2.45, 2.75) is 45.6 Å². The average molecular weight is 270 g/mol.